The van der Waals surface area contributed by atoms with Gasteiger partial charge in [0.15, 0.2) is 0 Å². The molecule has 1 fully saturated rings. The van der Waals surface area contributed by atoms with Gasteiger partial charge >= 0.3 is 5.69 Å². The quantitative estimate of drug-likeness (QED) is 0.473. The highest BCUT2D eigenvalue weighted by atomic mass is 16.6. The van der Waals surface area contributed by atoms with Crippen LogP contribution in [0.3, 0.4) is 0 Å². The van der Waals surface area contributed by atoms with Gasteiger partial charge in [0.1, 0.15) is 11.3 Å². The minimum Gasteiger partial charge on any atom is -0.394 e. The number of rotatable bonds is 3. The molecule has 0 aromatic heterocycles. The van der Waals surface area contributed by atoms with Gasteiger partial charge in [-0.15, -0.1) is 0 Å². The predicted octanol–water partition coefficient (Wildman–Crippen LogP) is 0.399. The van der Waals surface area contributed by atoms with Crippen LogP contribution in [0.4, 0.5) is 11.4 Å². The first-order valence-corrected chi connectivity index (χ1v) is 6.52. The Morgan fingerprint density at radius 3 is 2.95 bits per heavy atom. The lowest BCUT2D eigenvalue weighted by Crippen LogP contribution is -2.52. The van der Waals surface area contributed by atoms with Gasteiger partial charge in [0.25, 0.3) is 5.91 Å². The zero-order chi connectivity index (χ0) is 15.6. The molecule has 0 aliphatic carbocycles. The first kappa shape index (κ1) is 15.2. The summed E-state index contributed by atoms with van der Waals surface area (Å²) in [6.07, 6.45) is -0.481. The highest BCUT2D eigenvalue weighted by molar-refractivity contribution is 6.00. The molecule has 2 rings (SSSR count). The van der Waals surface area contributed by atoms with Gasteiger partial charge in [0, 0.05) is 6.54 Å². The van der Waals surface area contributed by atoms with Crippen LogP contribution in [-0.2, 0) is 4.74 Å². The Kier molecular flexibility index (Phi) is 4.39. The third-order valence-corrected chi connectivity index (χ3v) is 3.45. The molecule has 2 unspecified atom stereocenters. The van der Waals surface area contributed by atoms with Crippen molar-refractivity contribution in [3.8, 4) is 0 Å². The van der Waals surface area contributed by atoms with Crippen molar-refractivity contribution >= 4 is 17.3 Å². The molecule has 8 nitrogen and oxygen atoms in total. The molecule has 3 N–H and O–H groups in total. The summed E-state index contributed by atoms with van der Waals surface area (Å²) in [5, 5.41) is 20.3. The van der Waals surface area contributed by atoms with Gasteiger partial charge < -0.3 is 20.5 Å². The van der Waals surface area contributed by atoms with Crippen LogP contribution in [0.15, 0.2) is 18.2 Å². The van der Waals surface area contributed by atoms with Crippen molar-refractivity contribution in [2.24, 2.45) is 0 Å². The SMILES string of the molecule is CC1COC(CO)CN1C(=O)c1cccc(N)c1[N+](=O)[O-]. The second-order valence-electron chi connectivity index (χ2n) is 4.94. The van der Waals surface area contributed by atoms with Gasteiger partial charge in [-0.2, -0.15) is 0 Å². The van der Waals surface area contributed by atoms with E-state index in [1.807, 2.05) is 0 Å². The molecular formula is C13H17N3O5. The molecule has 0 saturated carbocycles. The van der Waals surface area contributed by atoms with Crippen molar-refractivity contribution in [2.45, 2.75) is 19.1 Å². The van der Waals surface area contributed by atoms with Gasteiger partial charge in [0.2, 0.25) is 0 Å². The summed E-state index contributed by atoms with van der Waals surface area (Å²) in [6, 6.07) is 4.03. The van der Waals surface area contributed by atoms with Crippen LogP contribution < -0.4 is 5.73 Å². The molecule has 1 heterocycles. The lowest BCUT2D eigenvalue weighted by atomic mass is 10.1. The first-order valence-electron chi connectivity index (χ1n) is 6.52. The molecule has 0 spiro atoms. The Bertz CT molecular complexity index is 563. The van der Waals surface area contributed by atoms with Gasteiger partial charge in [0.05, 0.1) is 30.3 Å². The fourth-order valence-electron chi connectivity index (χ4n) is 2.30. The first-order chi connectivity index (χ1) is 9.95. The van der Waals surface area contributed by atoms with Gasteiger partial charge in [-0.3, -0.25) is 14.9 Å². The number of nitrogens with two attached hydrogens (primary N) is 1. The van der Waals surface area contributed by atoms with Crippen molar-refractivity contribution in [1.29, 1.82) is 0 Å². The summed E-state index contributed by atoms with van der Waals surface area (Å²) in [5.74, 6) is -0.483. The van der Waals surface area contributed by atoms with E-state index in [1.165, 1.54) is 23.1 Å². The van der Waals surface area contributed by atoms with E-state index in [0.717, 1.165) is 0 Å². The molecule has 114 valence electrons. The van der Waals surface area contributed by atoms with E-state index >= 15 is 0 Å². The maximum atomic E-state index is 12.6. The number of morpholine rings is 1. The Balaban J connectivity index is 2.35. The predicted molar refractivity (Wildman–Crippen MR) is 74.8 cm³/mol. The smallest absolute Gasteiger partial charge is 0.304 e. The van der Waals surface area contributed by atoms with E-state index in [2.05, 4.69) is 0 Å². The number of carbonyl (C=O) groups excluding carboxylic acids is 1. The molecule has 1 aliphatic heterocycles. The number of carbonyl (C=O) groups is 1. The van der Waals surface area contributed by atoms with Crippen LogP contribution in [-0.4, -0.2) is 52.7 Å². The lowest BCUT2D eigenvalue weighted by molar-refractivity contribution is -0.384. The average Bonchev–Trinajstić information content (AvgIpc) is 2.46. The van der Waals surface area contributed by atoms with E-state index in [9.17, 15) is 14.9 Å². The molecule has 1 aromatic carbocycles. The molecule has 8 heteroatoms. The number of aliphatic hydroxyl groups is 1. The lowest BCUT2D eigenvalue weighted by Gasteiger charge is -2.37. The fraction of sp³-hybridized carbons (Fsp3) is 0.462. The largest absolute Gasteiger partial charge is 0.394 e. The monoisotopic (exact) mass is 295 g/mol. The van der Waals surface area contributed by atoms with Crippen LogP contribution in [0.5, 0.6) is 0 Å². The number of amides is 1. The molecule has 1 aromatic rings. The van der Waals surface area contributed by atoms with Crippen LogP contribution in [0.1, 0.15) is 17.3 Å². The minimum atomic E-state index is -0.656. The molecule has 0 radical (unpaired) electrons. The number of nitro benzene ring substituents is 1. The van der Waals surface area contributed by atoms with E-state index in [-0.39, 0.29) is 42.7 Å². The molecule has 0 bridgehead atoms. The Labute approximate surface area is 121 Å². The van der Waals surface area contributed by atoms with Gasteiger partial charge in [-0.25, -0.2) is 0 Å². The van der Waals surface area contributed by atoms with Crippen molar-refractivity contribution in [1.82, 2.24) is 4.90 Å². The summed E-state index contributed by atoms with van der Waals surface area (Å²) >= 11 is 0. The summed E-state index contributed by atoms with van der Waals surface area (Å²) in [5.41, 5.74) is 5.11. The number of anilines is 1. The molecule has 1 saturated heterocycles. The number of ether oxygens (including phenoxy) is 1. The highest BCUT2D eigenvalue weighted by Crippen LogP contribution is 2.28. The number of hydrogen-bond acceptors (Lipinski definition) is 6. The van der Waals surface area contributed by atoms with E-state index in [0.29, 0.717) is 0 Å². The van der Waals surface area contributed by atoms with Crippen LogP contribution in [0.25, 0.3) is 0 Å². The summed E-state index contributed by atoms with van der Waals surface area (Å²) < 4.78 is 5.35. The summed E-state index contributed by atoms with van der Waals surface area (Å²) in [4.78, 5) is 24.5. The third kappa shape index (κ3) is 2.96. The summed E-state index contributed by atoms with van der Waals surface area (Å²) in [7, 11) is 0. The van der Waals surface area contributed by atoms with Gasteiger partial charge in [-0.05, 0) is 19.1 Å². The van der Waals surface area contributed by atoms with Crippen LogP contribution in [0.2, 0.25) is 0 Å². The molecule has 21 heavy (non-hydrogen) atoms. The number of para-hydroxylation sites is 1. The molecule has 1 amide bonds. The number of aliphatic hydroxyl groups excluding tert-OH is 1. The number of nitrogen functional groups attached to an aromatic ring is 1. The molecular weight excluding hydrogens is 278 g/mol. The molecule has 1 aliphatic rings. The maximum Gasteiger partial charge on any atom is 0.304 e. The van der Waals surface area contributed by atoms with Crippen molar-refractivity contribution in [2.75, 3.05) is 25.5 Å². The molecule has 2 atom stereocenters. The second kappa shape index (κ2) is 6.06. The van der Waals surface area contributed by atoms with E-state index < -0.39 is 16.9 Å². The topological polar surface area (TPSA) is 119 Å². The Hall–Kier alpha value is -2.19. The maximum absolute atomic E-state index is 12.6. The zero-order valence-corrected chi connectivity index (χ0v) is 11.6. The number of nitro groups is 1. The van der Waals surface area contributed by atoms with Crippen LogP contribution in [0, 0.1) is 10.1 Å². The normalized spacial score (nSPS) is 22.1. The Morgan fingerprint density at radius 2 is 2.33 bits per heavy atom. The highest BCUT2D eigenvalue weighted by Gasteiger charge is 2.33. The van der Waals surface area contributed by atoms with E-state index in [1.54, 1.807) is 6.92 Å². The van der Waals surface area contributed by atoms with Gasteiger partial charge in [-0.1, -0.05) is 6.07 Å². The standard InChI is InChI=1S/C13H17N3O5/c1-8-7-21-9(6-17)5-15(8)13(18)10-3-2-4-11(14)12(10)16(19)20/h2-4,8-9,17H,5-7,14H2,1H3. The second-order valence-corrected chi connectivity index (χ2v) is 4.94. The fourth-order valence-corrected chi connectivity index (χ4v) is 2.30. The minimum absolute atomic E-state index is 0.0505. The van der Waals surface area contributed by atoms with Crippen molar-refractivity contribution in [3.05, 3.63) is 33.9 Å². The van der Waals surface area contributed by atoms with E-state index in [4.69, 9.17) is 15.6 Å². The number of benzene rings is 1. The zero-order valence-electron chi connectivity index (χ0n) is 11.6. The summed E-state index contributed by atoms with van der Waals surface area (Å²) in [6.45, 7) is 2.02. The number of hydrogen-bond donors (Lipinski definition) is 2. The number of nitrogens with zero attached hydrogens (tertiary/aromatic N) is 2. The third-order valence-electron chi connectivity index (χ3n) is 3.45. The van der Waals surface area contributed by atoms with Crippen molar-refractivity contribution < 1.29 is 19.6 Å². The van der Waals surface area contributed by atoms with Crippen molar-refractivity contribution in [3.63, 3.8) is 0 Å². The Morgan fingerprint density at radius 1 is 1.62 bits per heavy atom. The average molecular weight is 295 g/mol. The van der Waals surface area contributed by atoms with Crippen LogP contribution >= 0.6 is 0 Å².